The van der Waals surface area contributed by atoms with E-state index in [0.29, 0.717) is 24.9 Å². The highest BCUT2D eigenvalue weighted by Crippen LogP contribution is 2.30. The van der Waals surface area contributed by atoms with Crippen LogP contribution in [0.25, 0.3) is 0 Å². The van der Waals surface area contributed by atoms with Gasteiger partial charge in [-0.15, -0.1) is 0 Å². The van der Waals surface area contributed by atoms with Crippen LogP contribution in [0.15, 0.2) is 30.4 Å². The summed E-state index contributed by atoms with van der Waals surface area (Å²) in [6.45, 7) is 9.16. The topological polar surface area (TPSA) is 33.7 Å². The van der Waals surface area contributed by atoms with Crippen molar-refractivity contribution in [3.8, 4) is 11.5 Å². The molecule has 6 heteroatoms. The van der Waals surface area contributed by atoms with E-state index >= 15 is 0 Å². The second kappa shape index (κ2) is 9.73. The Morgan fingerprint density at radius 1 is 1.32 bits per heavy atom. The highest BCUT2D eigenvalue weighted by molar-refractivity contribution is 5.43. The Bertz CT molecular complexity index is 558. The molecule has 0 unspecified atom stereocenters. The lowest BCUT2D eigenvalue weighted by Crippen LogP contribution is -2.42. The van der Waals surface area contributed by atoms with Crippen molar-refractivity contribution < 1.29 is 18.3 Å². The first kappa shape index (κ1) is 19.7. The largest absolute Gasteiger partial charge is 0.490 e. The number of nitrogens with zero attached hydrogens (tertiary/aromatic N) is 1. The van der Waals surface area contributed by atoms with Crippen molar-refractivity contribution in [1.29, 1.82) is 0 Å². The van der Waals surface area contributed by atoms with E-state index in [2.05, 4.69) is 28.5 Å². The molecule has 0 spiro atoms. The normalized spacial score (nSPS) is 16.2. The number of hydrogen-bond acceptors (Lipinski definition) is 4. The summed E-state index contributed by atoms with van der Waals surface area (Å²) < 4.78 is 34.8. The summed E-state index contributed by atoms with van der Waals surface area (Å²) in [5.74, 6) is 0.437. The average molecular weight is 354 g/mol. The number of halogens is 2. The average Bonchev–Trinajstić information content (AvgIpc) is 2.55. The van der Waals surface area contributed by atoms with Gasteiger partial charge in [-0.05, 0) is 57.5 Å². The van der Waals surface area contributed by atoms with Crippen LogP contribution in [0.3, 0.4) is 0 Å². The van der Waals surface area contributed by atoms with Gasteiger partial charge in [0.15, 0.2) is 11.5 Å². The van der Waals surface area contributed by atoms with Gasteiger partial charge >= 0.3 is 6.61 Å². The number of hydrogen-bond donors (Lipinski definition) is 1. The maximum Gasteiger partial charge on any atom is 0.387 e. The minimum Gasteiger partial charge on any atom is -0.490 e. The van der Waals surface area contributed by atoms with Gasteiger partial charge in [0.05, 0.1) is 6.61 Å². The van der Waals surface area contributed by atoms with Gasteiger partial charge in [0, 0.05) is 19.1 Å². The van der Waals surface area contributed by atoms with Crippen LogP contribution in [0.1, 0.15) is 32.3 Å². The van der Waals surface area contributed by atoms with E-state index in [-0.39, 0.29) is 5.75 Å². The number of benzene rings is 1. The van der Waals surface area contributed by atoms with Gasteiger partial charge in [0.1, 0.15) is 0 Å². The van der Waals surface area contributed by atoms with E-state index < -0.39 is 6.61 Å². The van der Waals surface area contributed by atoms with E-state index in [9.17, 15) is 8.78 Å². The van der Waals surface area contributed by atoms with E-state index in [1.54, 1.807) is 18.2 Å². The Balaban J connectivity index is 1.86. The zero-order chi connectivity index (χ0) is 18.2. The fourth-order valence-electron chi connectivity index (χ4n) is 3.06. The molecule has 0 aliphatic carbocycles. The lowest BCUT2D eigenvalue weighted by molar-refractivity contribution is -0.0514. The van der Waals surface area contributed by atoms with Crippen LogP contribution in [0.5, 0.6) is 11.5 Å². The summed E-state index contributed by atoms with van der Waals surface area (Å²) in [4.78, 5) is 2.42. The Hall–Kier alpha value is -1.66. The standard InChI is InChI=1S/C19H28F2N2O2/c1-4-24-18-11-15(5-6-17(18)25-19(20)21)12-22-16-7-9-23(10-8-16)13-14(2)3/h5-6,11,16,19,22H,2,4,7-10,12-13H2,1,3H3. The molecule has 0 atom stereocenters. The first-order valence-electron chi connectivity index (χ1n) is 8.78. The summed E-state index contributed by atoms with van der Waals surface area (Å²) in [6.07, 6.45) is 2.19. The number of piperidine rings is 1. The minimum absolute atomic E-state index is 0.0775. The molecule has 0 amide bonds. The van der Waals surface area contributed by atoms with Crippen LogP contribution in [0, 0.1) is 0 Å². The fraction of sp³-hybridized carbons (Fsp3) is 0.579. The smallest absolute Gasteiger partial charge is 0.387 e. The third-order valence-corrected chi connectivity index (χ3v) is 4.20. The van der Waals surface area contributed by atoms with Gasteiger partial charge in [-0.1, -0.05) is 18.2 Å². The summed E-state index contributed by atoms with van der Waals surface area (Å²) in [7, 11) is 0. The summed E-state index contributed by atoms with van der Waals surface area (Å²) in [5, 5.41) is 3.55. The van der Waals surface area contributed by atoms with Crippen molar-refractivity contribution in [3.05, 3.63) is 35.9 Å². The molecule has 0 aromatic heterocycles. The van der Waals surface area contributed by atoms with Gasteiger partial charge in [-0.25, -0.2) is 0 Å². The molecule has 0 saturated carbocycles. The van der Waals surface area contributed by atoms with Crippen molar-refractivity contribution in [1.82, 2.24) is 10.2 Å². The Morgan fingerprint density at radius 3 is 2.64 bits per heavy atom. The molecule has 1 aliphatic rings. The van der Waals surface area contributed by atoms with Crippen LogP contribution in [-0.4, -0.2) is 43.8 Å². The van der Waals surface area contributed by atoms with Crippen LogP contribution in [0.4, 0.5) is 8.78 Å². The first-order chi connectivity index (χ1) is 12.0. The molecular formula is C19H28F2N2O2. The molecule has 140 valence electrons. The number of alkyl halides is 2. The predicted molar refractivity (Wildman–Crippen MR) is 95.4 cm³/mol. The summed E-state index contributed by atoms with van der Waals surface area (Å²) >= 11 is 0. The van der Waals surface area contributed by atoms with E-state index in [1.165, 1.54) is 5.57 Å². The molecule has 4 nitrogen and oxygen atoms in total. The van der Waals surface area contributed by atoms with Crippen LogP contribution >= 0.6 is 0 Å². The molecule has 25 heavy (non-hydrogen) atoms. The minimum atomic E-state index is -2.85. The van der Waals surface area contributed by atoms with Crippen molar-refractivity contribution in [2.24, 2.45) is 0 Å². The lowest BCUT2D eigenvalue weighted by atomic mass is 10.0. The maximum absolute atomic E-state index is 12.4. The quantitative estimate of drug-likeness (QED) is 0.684. The van der Waals surface area contributed by atoms with Crippen molar-refractivity contribution in [2.45, 2.75) is 45.9 Å². The van der Waals surface area contributed by atoms with E-state index in [4.69, 9.17) is 4.74 Å². The van der Waals surface area contributed by atoms with Crippen LogP contribution in [0.2, 0.25) is 0 Å². The molecule has 1 aromatic rings. The predicted octanol–water partition coefficient (Wildman–Crippen LogP) is 3.82. The Kier molecular flexibility index (Phi) is 7.65. The van der Waals surface area contributed by atoms with E-state index in [0.717, 1.165) is 38.0 Å². The molecular weight excluding hydrogens is 326 g/mol. The molecule has 0 radical (unpaired) electrons. The van der Waals surface area contributed by atoms with E-state index in [1.807, 2.05) is 6.92 Å². The third kappa shape index (κ3) is 6.63. The molecule has 1 fully saturated rings. The number of nitrogens with one attached hydrogen (secondary N) is 1. The van der Waals surface area contributed by atoms with Crippen molar-refractivity contribution in [3.63, 3.8) is 0 Å². The molecule has 2 rings (SSSR count). The number of likely N-dealkylation sites (tertiary alicyclic amines) is 1. The van der Waals surface area contributed by atoms with Crippen molar-refractivity contribution >= 4 is 0 Å². The number of rotatable bonds is 9. The zero-order valence-electron chi connectivity index (χ0n) is 15.1. The molecule has 1 saturated heterocycles. The maximum atomic E-state index is 12.4. The van der Waals surface area contributed by atoms with Crippen LogP contribution in [-0.2, 0) is 6.54 Å². The molecule has 1 aliphatic heterocycles. The summed E-state index contributed by atoms with van der Waals surface area (Å²) in [5.41, 5.74) is 2.19. The SMILES string of the molecule is C=C(C)CN1CCC(NCc2ccc(OC(F)F)c(OCC)c2)CC1. The van der Waals surface area contributed by atoms with Gasteiger partial charge < -0.3 is 14.8 Å². The molecule has 1 aromatic carbocycles. The monoisotopic (exact) mass is 354 g/mol. The molecule has 1 N–H and O–H groups in total. The number of ether oxygens (including phenoxy) is 2. The molecule has 1 heterocycles. The highest BCUT2D eigenvalue weighted by atomic mass is 19.3. The highest BCUT2D eigenvalue weighted by Gasteiger charge is 2.19. The summed E-state index contributed by atoms with van der Waals surface area (Å²) in [6, 6.07) is 5.58. The van der Waals surface area contributed by atoms with Gasteiger partial charge in [0.2, 0.25) is 0 Å². The van der Waals surface area contributed by atoms with Crippen LogP contribution < -0.4 is 14.8 Å². The zero-order valence-corrected chi connectivity index (χ0v) is 15.1. The fourth-order valence-corrected chi connectivity index (χ4v) is 3.06. The third-order valence-electron chi connectivity index (χ3n) is 4.20. The van der Waals surface area contributed by atoms with Gasteiger partial charge in [-0.2, -0.15) is 8.78 Å². The lowest BCUT2D eigenvalue weighted by Gasteiger charge is -2.32. The Morgan fingerprint density at radius 2 is 2.04 bits per heavy atom. The Labute approximate surface area is 148 Å². The molecule has 0 bridgehead atoms. The van der Waals surface area contributed by atoms with Gasteiger partial charge in [0.25, 0.3) is 0 Å². The second-order valence-corrected chi connectivity index (χ2v) is 6.48. The first-order valence-corrected chi connectivity index (χ1v) is 8.78. The second-order valence-electron chi connectivity index (χ2n) is 6.48. The van der Waals surface area contributed by atoms with Gasteiger partial charge in [-0.3, -0.25) is 4.90 Å². The van der Waals surface area contributed by atoms with Crippen molar-refractivity contribution in [2.75, 3.05) is 26.2 Å².